The Morgan fingerprint density at radius 1 is 1.23 bits per heavy atom. The lowest BCUT2D eigenvalue weighted by atomic mass is 9.62. The molecule has 4 rings (SSSR count). The lowest BCUT2D eigenvalue weighted by Gasteiger charge is -2.37. The molecule has 1 saturated heterocycles. The van der Waals surface area contributed by atoms with Gasteiger partial charge in [0.1, 0.15) is 17.3 Å². The highest BCUT2D eigenvalue weighted by Gasteiger charge is 2.66. The fraction of sp³-hybridized carbons (Fsp3) is 0.391. The molecule has 1 unspecified atom stereocenters. The Morgan fingerprint density at radius 3 is 2.55 bits per heavy atom. The van der Waals surface area contributed by atoms with Crippen LogP contribution < -0.4 is 10.6 Å². The maximum atomic E-state index is 14.6. The van der Waals surface area contributed by atoms with Crippen molar-refractivity contribution in [3.05, 3.63) is 63.4 Å². The summed E-state index contributed by atoms with van der Waals surface area (Å²) < 4.78 is 14.6. The maximum Gasteiger partial charge on any atom is 0.321 e. The monoisotopic (exact) mass is 464 g/mol. The van der Waals surface area contributed by atoms with Crippen LogP contribution in [-0.2, 0) is 15.0 Å². The predicted octanol–water partition coefficient (Wildman–Crippen LogP) is 4.97. The third-order valence-electron chi connectivity index (χ3n) is 6.17. The number of nitrogens with one attached hydrogen (secondary N) is 2. The van der Waals surface area contributed by atoms with E-state index in [-0.39, 0.29) is 16.3 Å². The van der Waals surface area contributed by atoms with Crippen LogP contribution in [0.15, 0.2) is 36.4 Å². The van der Waals surface area contributed by atoms with Crippen molar-refractivity contribution in [2.45, 2.75) is 50.6 Å². The first-order valence-corrected chi connectivity index (χ1v) is 10.8. The number of hydrogen-bond donors (Lipinski definition) is 3. The molecule has 2 heterocycles. The molecule has 0 aliphatic carbocycles. The van der Waals surface area contributed by atoms with Gasteiger partial charge in [-0.3, -0.25) is 14.9 Å². The van der Waals surface area contributed by atoms with E-state index in [2.05, 4.69) is 10.6 Å². The number of aliphatic carboxylic acids is 1. The molecule has 2 aromatic carbocycles. The van der Waals surface area contributed by atoms with E-state index < -0.39 is 35.2 Å². The average Bonchev–Trinajstić information content (AvgIpc) is 3.12. The van der Waals surface area contributed by atoms with E-state index in [0.29, 0.717) is 28.3 Å². The molecule has 31 heavy (non-hydrogen) atoms. The van der Waals surface area contributed by atoms with Gasteiger partial charge >= 0.3 is 5.97 Å². The molecule has 164 valence electrons. The van der Waals surface area contributed by atoms with Gasteiger partial charge in [-0.1, -0.05) is 56.1 Å². The van der Waals surface area contributed by atoms with Crippen molar-refractivity contribution in [1.29, 1.82) is 0 Å². The number of benzene rings is 2. The standard InChI is InChI=1S/C23H23Cl2FN2O3/c1-22(2,3)10-17-23(13-8-15(26)14(25)9-16(13)27-21(23)31)18(19(28-17)20(29)30)11-5-4-6-12(24)7-11/h4-9,17-19,28H,10H2,1-3H3,(H,27,31)(H,29,30)/t17-,18-,19+,23?/m0/s1. The molecule has 4 atom stereocenters. The van der Waals surface area contributed by atoms with Gasteiger partial charge in [-0.25, -0.2) is 4.39 Å². The highest BCUT2D eigenvalue weighted by Crippen LogP contribution is 2.57. The normalized spacial score (nSPS) is 27.4. The first kappa shape index (κ1) is 22.1. The van der Waals surface area contributed by atoms with Crippen molar-refractivity contribution in [3.8, 4) is 0 Å². The first-order chi connectivity index (χ1) is 14.4. The van der Waals surface area contributed by atoms with E-state index in [0.717, 1.165) is 0 Å². The van der Waals surface area contributed by atoms with Crippen LogP contribution in [0.1, 0.15) is 44.2 Å². The quantitative estimate of drug-likeness (QED) is 0.599. The fourth-order valence-electron chi connectivity index (χ4n) is 5.12. The summed E-state index contributed by atoms with van der Waals surface area (Å²) in [5.41, 5.74) is -0.167. The van der Waals surface area contributed by atoms with Crippen LogP contribution in [0, 0.1) is 11.2 Å². The van der Waals surface area contributed by atoms with Gasteiger partial charge in [-0.2, -0.15) is 0 Å². The van der Waals surface area contributed by atoms with Crippen LogP contribution in [-0.4, -0.2) is 29.1 Å². The van der Waals surface area contributed by atoms with Crippen LogP contribution in [0.3, 0.4) is 0 Å². The fourth-order valence-corrected chi connectivity index (χ4v) is 5.48. The first-order valence-electron chi connectivity index (χ1n) is 10.0. The van der Waals surface area contributed by atoms with Crippen molar-refractivity contribution in [1.82, 2.24) is 5.32 Å². The van der Waals surface area contributed by atoms with E-state index in [4.69, 9.17) is 23.2 Å². The minimum atomic E-state index is -1.35. The summed E-state index contributed by atoms with van der Waals surface area (Å²) in [5.74, 6) is -2.93. The lowest BCUT2D eigenvalue weighted by Crippen LogP contribution is -2.49. The van der Waals surface area contributed by atoms with Crippen LogP contribution in [0.5, 0.6) is 0 Å². The maximum absolute atomic E-state index is 14.6. The van der Waals surface area contributed by atoms with Gasteiger partial charge in [0.05, 0.1) is 5.02 Å². The Labute approximate surface area is 189 Å². The molecule has 0 bridgehead atoms. The molecule has 0 radical (unpaired) electrons. The number of amides is 1. The number of carboxylic acid groups (broad SMARTS) is 1. The van der Waals surface area contributed by atoms with E-state index in [1.165, 1.54) is 12.1 Å². The minimum absolute atomic E-state index is 0.108. The number of rotatable bonds is 3. The number of hydrogen-bond acceptors (Lipinski definition) is 3. The van der Waals surface area contributed by atoms with Gasteiger partial charge in [0, 0.05) is 22.7 Å². The summed E-state index contributed by atoms with van der Waals surface area (Å²) in [7, 11) is 0. The predicted molar refractivity (Wildman–Crippen MR) is 118 cm³/mol. The van der Waals surface area contributed by atoms with E-state index in [1.807, 2.05) is 20.8 Å². The van der Waals surface area contributed by atoms with Crippen molar-refractivity contribution in [2.75, 3.05) is 5.32 Å². The summed E-state index contributed by atoms with van der Waals surface area (Å²) in [6.07, 6.45) is 0.491. The SMILES string of the molecule is CC(C)(C)C[C@@H]1N[C@@H](C(=O)O)[C@H](c2cccc(Cl)c2)C12C(=O)Nc1cc(Cl)c(F)cc12. The molecule has 2 aromatic rings. The van der Waals surface area contributed by atoms with Gasteiger partial charge in [0.25, 0.3) is 0 Å². The smallest absolute Gasteiger partial charge is 0.321 e. The molecule has 2 aliphatic heterocycles. The molecule has 8 heteroatoms. The Balaban J connectivity index is 2.03. The van der Waals surface area contributed by atoms with E-state index >= 15 is 0 Å². The van der Waals surface area contributed by atoms with Crippen LogP contribution >= 0.6 is 23.2 Å². The Bertz CT molecular complexity index is 1080. The second-order valence-electron chi connectivity index (χ2n) is 9.47. The highest BCUT2D eigenvalue weighted by atomic mass is 35.5. The zero-order valence-corrected chi connectivity index (χ0v) is 18.8. The summed E-state index contributed by atoms with van der Waals surface area (Å²) in [6, 6.07) is 7.85. The van der Waals surface area contributed by atoms with Gasteiger partial charge < -0.3 is 10.4 Å². The second-order valence-corrected chi connectivity index (χ2v) is 10.3. The summed E-state index contributed by atoms with van der Waals surface area (Å²) >= 11 is 12.2. The van der Waals surface area contributed by atoms with Crippen LogP contribution in [0.2, 0.25) is 10.0 Å². The minimum Gasteiger partial charge on any atom is -0.480 e. The zero-order chi connectivity index (χ0) is 22.7. The van der Waals surface area contributed by atoms with Gasteiger partial charge in [-0.15, -0.1) is 0 Å². The van der Waals surface area contributed by atoms with Gasteiger partial charge in [0.15, 0.2) is 0 Å². The zero-order valence-electron chi connectivity index (χ0n) is 17.3. The summed E-state index contributed by atoms with van der Waals surface area (Å²) in [6.45, 7) is 6.04. The number of halogens is 3. The molecular formula is C23H23Cl2FN2O3. The van der Waals surface area contributed by atoms with Gasteiger partial charge in [0.2, 0.25) is 5.91 Å². The number of fused-ring (bicyclic) bond motifs is 2. The number of carbonyl (C=O) groups excluding carboxylic acids is 1. The number of carboxylic acids is 1. The molecule has 0 saturated carbocycles. The second kappa shape index (κ2) is 7.47. The molecule has 1 spiro atoms. The summed E-state index contributed by atoms with van der Waals surface area (Å²) in [4.78, 5) is 26.0. The third-order valence-corrected chi connectivity index (χ3v) is 6.70. The topological polar surface area (TPSA) is 78.4 Å². The Hall–Kier alpha value is -2.15. The molecule has 5 nitrogen and oxygen atoms in total. The van der Waals surface area contributed by atoms with Gasteiger partial charge in [-0.05, 0) is 47.2 Å². The lowest BCUT2D eigenvalue weighted by molar-refractivity contribution is -0.139. The molecular weight excluding hydrogens is 442 g/mol. The summed E-state index contributed by atoms with van der Waals surface area (Å²) in [5, 5.41) is 16.4. The van der Waals surface area contributed by atoms with E-state index in [9.17, 15) is 19.1 Å². The third kappa shape index (κ3) is 3.51. The molecule has 2 aliphatic rings. The van der Waals surface area contributed by atoms with Crippen LogP contribution in [0.4, 0.5) is 10.1 Å². The Morgan fingerprint density at radius 2 is 1.94 bits per heavy atom. The molecule has 1 fully saturated rings. The molecule has 3 N–H and O–H groups in total. The molecule has 1 amide bonds. The van der Waals surface area contributed by atoms with Crippen molar-refractivity contribution in [2.24, 2.45) is 5.41 Å². The van der Waals surface area contributed by atoms with Crippen molar-refractivity contribution < 1.29 is 19.1 Å². The average molecular weight is 465 g/mol. The molecule has 0 aromatic heterocycles. The van der Waals surface area contributed by atoms with Crippen molar-refractivity contribution in [3.63, 3.8) is 0 Å². The number of carbonyl (C=O) groups is 2. The van der Waals surface area contributed by atoms with Crippen LogP contribution in [0.25, 0.3) is 0 Å². The number of anilines is 1. The van der Waals surface area contributed by atoms with Crippen molar-refractivity contribution >= 4 is 40.8 Å². The Kier molecular flexibility index (Phi) is 5.31. The van der Waals surface area contributed by atoms with E-state index in [1.54, 1.807) is 24.3 Å². The highest BCUT2D eigenvalue weighted by molar-refractivity contribution is 6.31. The largest absolute Gasteiger partial charge is 0.480 e.